The number of hydrogen-bond acceptors (Lipinski definition) is 8. The lowest BCUT2D eigenvalue weighted by molar-refractivity contribution is 0.129. The Balaban J connectivity index is 0.911. The van der Waals surface area contributed by atoms with Gasteiger partial charge in [-0.2, -0.15) is 0 Å². The highest BCUT2D eigenvalue weighted by Gasteiger charge is 2.40. The maximum absolute atomic E-state index is 7.31. The van der Waals surface area contributed by atoms with E-state index in [2.05, 4.69) is 159 Å². The molecule has 0 radical (unpaired) electrons. The van der Waals surface area contributed by atoms with Crippen LogP contribution >= 0.6 is 0 Å². The summed E-state index contributed by atoms with van der Waals surface area (Å²) >= 11 is 0. The van der Waals surface area contributed by atoms with E-state index in [9.17, 15) is 0 Å². The Kier molecular flexibility index (Phi) is 10.4. The van der Waals surface area contributed by atoms with Crippen LogP contribution in [-0.2, 0) is 11.0 Å². The summed E-state index contributed by atoms with van der Waals surface area (Å²) < 4.78 is 7.31. The number of fused-ring (bicyclic) bond motifs is 5. The largest absolute Gasteiger partial charge is 0.477 e. The van der Waals surface area contributed by atoms with Crippen molar-refractivity contribution in [2.45, 2.75) is 31.8 Å². The molecular weight excluding hydrogens is 895 g/mol. The minimum absolute atomic E-state index is 0.148. The first kappa shape index (κ1) is 43.6. The van der Waals surface area contributed by atoms with Crippen LogP contribution in [0.5, 0.6) is 5.75 Å². The number of rotatable bonds is 8. The fraction of sp³-hybridized carbons (Fsp3) is 0.0769. The number of hydrogen-bond donors (Lipinski definition) is 0. The van der Waals surface area contributed by atoms with Crippen LogP contribution in [0, 0.1) is 0 Å². The second-order valence-electron chi connectivity index (χ2n) is 19.2. The molecule has 0 bridgehead atoms. The van der Waals surface area contributed by atoms with Gasteiger partial charge in [0.25, 0.3) is 0 Å². The SMILES string of the molecule is CC1(C)c2ccccc2N(c2ccc(-c3nc(-c4ccccc4)nc(-c4ccc5c(c4)OC(C)(c4ccccc4)c4cc(-c6nc(-c7ccccc7)nc(-c7ccccc7)n6)ccc4-5)n3)cc2)c2ccccc21. The molecule has 8 nitrogen and oxygen atoms in total. The molecule has 11 aromatic rings. The zero-order chi connectivity index (χ0) is 49.1. The van der Waals surface area contributed by atoms with Crippen molar-refractivity contribution < 1.29 is 4.74 Å². The highest BCUT2D eigenvalue weighted by atomic mass is 16.5. The van der Waals surface area contributed by atoms with Gasteiger partial charge in [-0.1, -0.05) is 190 Å². The summed E-state index contributed by atoms with van der Waals surface area (Å²) in [7, 11) is 0. The van der Waals surface area contributed by atoms with E-state index in [-0.39, 0.29) is 5.41 Å². The van der Waals surface area contributed by atoms with Gasteiger partial charge in [0.2, 0.25) is 0 Å². The topological polar surface area (TPSA) is 89.8 Å². The first-order chi connectivity index (χ1) is 35.8. The Bertz CT molecular complexity index is 3760. The van der Waals surface area contributed by atoms with E-state index >= 15 is 0 Å². The quantitative estimate of drug-likeness (QED) is 0.149. The van der Waals surface area contributed by atoms with Crippen LogP contribution in [0.15, 0.2) is 231 Å². The van der Waals surface area contributed by atoms with E-state index in [4.69, 9.17) is 34.6 Å². The summed E-state index contributed by atoms with van der Waals surface area (Å²) in [6.07, 6.45) is 0. The average Bonchev–Trinajstić information content (AvgIpc) is 3.46. The van der Waals surface area contributed by atoms with E-state index in [0.717, 1.165) is 67.1 Å². The van der Waals surface area contributed by atoms with Crippen LogP contribution in [0.3, 0.4) is 0 Å². The number of benzene rings is 9. The molecular formula is C65H47N7O. The molecule has 0 N–H and O–H groups in total. The molecule has 0 saturated heterocycles. The van der Waals surface area contributed by atoms with E-state index in [1.165, 1.54) is 22.5 Å². The molecule has 1 atom stereocenters. The van der Waals surface area contributed by atoms with Crippen molar-refractivity contribution in [2.24, 2.45) is 0 Å². The lowest BCUT2D eigenvalue weighted by atomic mass is 9.73. The van der Waals surface area contributed by atoms with Crippen molar-refractivity contribution in [3.63, 3.8) is 0 Å². The van der Waals surface area contributed by atoms with Gasteiger partial charge in [-0.25, -0.2) is 29.9 Å². The van der Waals surface area contributed by atoms with Gasteiger partial charge >= 0.3 is 0 Å². The first-order valence-corrected chi connectivity index (χ1v) is 24.6. The summed E-state index contributed by atoms with van der Waals surface area (Å²) in [6.45, 7) is 6.75. The molecule has 2 aliphatic heterocycles. The van der Waals surface area contributed by atoms with Crippen molar-refractivity contribution >= 4 is 17.1 Å². The Labute approximate surface area is 424 Å². The van der Waals surface area contributed by atoms with Crippen LogP contribution in [0.25, 0.3) is 79.5 Å². The Morgan fingerprint density at radius 3 is 1.18 bits per heavy atom. The molecule has 13 rings (SSSR count). The number of nitrogens with zero attached hydrogens (tertiary/aromatic N) is 7. The fourth-order valence-corrected chi connectivity index (χ4v) is 10.5. The zero-order valence-corrected chi connectivity index (χ0v) is 40.5. The summed E-state index contributed by atoms with van der Waals surface area (Å²) in [5.41, 5.74) is 14.2. The van der Waals surface area contributed by atoms with Crippen molar-refractivity contribution in [3.05, 3.63) is 253 Å². The highest BCUT2D eigenvalue weighted by molar-refractivity contribution is 5.87. The van der Waals surface area contributed by atoms with Gasteiger partial charge in [0.05, 0.1) is 11.4 Å². The zero-order valence-electron chi connectivity index (χ0n) is 40.5. The molecule has 0 spiro atoms. The van der Waals surface area contributed by atoms with Crippen molar-refractivity contribution in [2.75, 3.05) is 4.90 Å². The predicted octanol–water partition coefficient (Wildman–Crippen LogP) is 15.5. The van der Waals surface area contributed by atoms with Gasteiger partial charge in [0.15, 0.2) is 40.5 Å². The third kappa shape index (κ3) is 7.63. The molecule has 348 valence electrons. The Hall–Kier alpha value is -9.40. The van der Waals surface area contributed by atoms with E-state index in [0.29, 0.717) is 34.9 Å². The molecule has 0 amide bonds. The average molecular weight is 942 g/mol. The van der Waals surface area contributed by atoms with Crippen LogP contribution in [0.4, 0.5) is 17.1 Å². The third-order valence-corrected chi connectivity index (χ3v) is 14.3. The minimum Gasteiger partial charge on any atom is -0.477 e. The normalized spacial score (nSPS) is 15.0. The van der Waals surface area contributed by atoms with Crippen molar-refractivity contribution in [3.8, 4) is 85.2 Å². The van der Waals surface area contributed by atoms with Gasteiger partial charge in [-0.05, 0) is 83.8 Å². The minimum atomic E-state index is -0.901. The number of ether oxygens (including phenoxy) is 1. The second-order valence-corrected chi connectivity index (χ2v) is 19.2. The molecule has 73 heavy (non-hydrogen) atoms. The summed E-state index contributed by atoms with van der Waals surface area (Å²) in [6, 6.07) is 79.3. The van der Waals surface area contributed by atoms with Gasteiger partial charge in [0.1, 0.15) is 5.75 Å². The molecule has 2 aliphatic rings. The van der Waals surface area contributed by atoms with Crippen molar-refractivity contribution in [1.29, 1.82) is 0 Å². The monoisotopic (exact) mass is 941 g/mol. The Morgan fingerprint density at radius 1 is 0.329 bits per heavy atom. The standard InChI is InChI=1S/C65H47N7O/c1-64(2)52-28-16-18-30-55(52)72(56-31-19-17-29-53(56)64)49-36-32-45(33-37-49)61-67-60(44-24-12-6-13-25-44)70-63(71-61)47-35-39-51-50-38-34-46(40-54(50)65(3,73-57(51)41-47)48-26-14-7-15-27-48)62-68-58(42-20-8-4-9-21-42)66-59(69-62)43-22-10-5-11-23-43/h4-41H,1-3H3. The second kappa shape index (κ2) is 17.5. The molecule has 2 aromatic heterocycles. The lowest BCUT2D eigenvalue weighted by Crippen LogP contribution is -2.34. The number of aromatic nitrogens is 6. The Morgan fingerprint density at radius 2 is 0.699 bits per heavy atom. The van der Waals surface area contributed by atoms with Gasteiger partial charge in [0, 0.05) is 55.6 Å². The van der Waals surface area contributed by atoms with Crippen LogP contribution in [-0.4, -0.2) is 29.9 Å². The predicted molar refractivity (Wildman–Crippen MR) is 292 cm³/mol. The summed E-state index contributed by atoms with van der Waals surface area (Å²) in [5.74, 6) is 4.21. The van der Waals surface area contributed by atoms with E-state index in [1.807, 2.05) is 97.1 Å². The molecule has 1 unspecified atom stereocenters. The van der Waals surface area contributed by atoms with Gasteiger partial charge in [-0.15, -0.1) is 0 Å². The molecule has 0 saturated carbocycles. The number of para-hydroxylation sites is 2. The lowest BCUT2D eigenvalue weighted by Gasteiger charge is -2.42. The molecule has 0 aliphatic carbocycles. The smallest absolute Gasteiger partial charge is 0.164 e. The van der Waals surface area contributed by atoms with E-state index in [1.54, 1.807) is 0 Å². The maximum Gasteiger partial charge on any atom is 0.164 e. The molecule has 9 aromatic carbocycles. The summed E-state index contributed by atoms with van der Waals surface area (Å²) in [5, 5.41) is 0. The molecule has 8 heteroatoms. The molecule has 0 fully saturated rings. The van der Waals surface area contributed by atoms with E-state index < -0.39 is 5.60 Å². The maximum atomic E-state index is 7.31. The highest BCUT2D eigenvalue weighted by Crippen LogP contribution is 2.53. The third-order valence-electron chi connectivity index (χ3n) is 14.3. The summed E-state index contributed by atoms with van der Waals surface area (Å²) in [4.78, 5) is 32.9. The fourth-order valence-electron chi connectivity index (χ4n) is 10.5. The molecule has 4 heterocycles. The van der Waals surface area contributed by atoms with Crippen LogP contribution in [0.2, 0.25) is 0 Å². The first-order valence-electron chi connectivity index (χ1n) is 24.6. The van der Waals surface area contributed by atoms with Gasteiger partial charge in [-0.3, -0.25) is 0 Å². The van der Waals surface area contributed by atoms with Crippen LogP contribution < -0.4 is 9.64 Å². The number of anilines is 3. The van der Waals surface area contributed by atoms with Gasteiger partial charge < -0.3 is 9.64 Å². The van der Waals surface area contributed by atoms with Crippen LogP contribution in [0.1, 0.15) is 43.0 Å². The van der Waals surface area contributed by atoms with Crippen molar-refractivity contribution in [1.82, 2.24) is 29.9 Å².